The van der Waals surface area contributed by atoms with Crippen molar-refractivity contribution in [3.63, 3.8) is 0 Å². The molecule has 250 valence electrons. The molecular formula is C54H34. The lowest BCUT2D eigenvalue weighted by Crippen LogP contribution is -1.90. The molecule has 0 nitrogen and oxygen atoms in total. The van der Waals surface area contributed by atoms with E-state index >= 15 is 0 Å². The van der Waals surface area contributed by atoms with Crippen LogP contribution in [-0.2, 0) is 0 Å². The van der Waals surface area contributed by atoms with Crippen molar-refractivity contribution in [1.82, 2.24) is 0 Å². The van der Waals surface area contributed by atoms with Gasteiger partial charge in [0, 0.05) is 0 Å². The van der Waals surface area contributed by atoms with Gasteiger partial charge in [0.15, 0.2) is 0 Å². The summed E-state index contributed by atoms with van der Waals surface area (Å²) in [6, 6.07) is 76.1. The van der Waals surface area contributed by atoms with Gasteiger partial charge < -0.3 is 0 Å². The van der Waals surface area contributed by atoms with E-state index in [0.29, 0.717) is 0 Å². The first-order chi connectivity index (χ1) is 26.8. The highest BCUT2D eigenvalue weighted by Crippen LogP contribution is 2.44. The number of hydrogen-bond donors (Lipinski definition) is 0. The van der Waals surface area contributed by atoms with Crippen molar-refractivity contribution in [3.05, 3.63) is 206 Å². The van der Waals surface area contributed by atoms with Crippen molar-refractivity contribution in [2.75, 3.05) is 0 Å². The largest absolute Gasteiger partial charge is 0.0616 e. The van der Waals surface area contributed by atoms with Crippen LogP contribution in [0.1, 0.15) is 0 Å². The number of hydrogen-bond acceptors (Lipinski definition) is 0. The molecule has 0 bridgehead atoms. The standard InChI is InChI=1S/C54H34/c1-3-21-42-35(13-1)15-11-27-44(42)39-18-9-17-37(31-39)38-29-30-50-52(33-38)46-23-5-6-24-47(46)53-34-51(48-25-7-8-26-49(48)54(50)53)41-20-10-19-40(32-41)45-28-12-16-36-14-2-4-22-43(36)45/h1-34H. The van der Waals surface area contributed by atoms with Gasteiger partial charge in [-0.25, -0.2) is 0 Å². The first-order valence-corrected chi connectivity index (χ1v) is 18.8. The van der Waals surface area contributed by atoms with Crippen molar-refractivity contribution >= 4 is 64.6 Å². The van der Waals surface area contributed by atoms with E-state index in [1.807, 2.05) is 0 Å². The van der Waals surface area contributed by atoms with Gasteiger partial charge in [0.25, 0.3) is 0 Å². The Morgan fingerprint density at radius 3 is 1.26 bits per heavy atom. The Hall–Kier alpha value is -7.02. The van der Waals surface area contributed by atoms with E-state index in [1.54, 1.807) is 0 Å². The van der Waals surface area contributed by atoms with Crippen molar-refractivity contribution in [3.8, 4) is 44.5 Å². The predicted molar refractivity (Wildman–Crippen MR) is 233 cm³/mol. The first kappa shape index (κ1) is 30.6. The molecule has 0 fully saturated rings. The van der Waals surface area contributed by atoms with Crippen molar-refractivity contribution < 1.29 is 0 Å². The summed E-state index contributed by atoms with van der Waals surface area (Å²) in [7, 11) is 0. The number of rotatable bonds is 4. The molecule has 0 unspecified atom stereocenters. The van der Waals surface area contributed by atoms with E-state index in [2.05, 4.69) is 206 Å². The van der Waals surface area contributed by atoms with Crippen LogP contribution >= 0.6 is 0 Å². The lowest BCUT2D eigenvalue weighted by Gasteiger charge is -2.17. The second kappa shape index (κ2) is 12.3. The second-order valence-electron chi connectivity index (χ2n) is 14.4. The Bertz CT molecular complexity index is 3260. The first-order valence-electron chi connectivity index (χ1n) is 18.8. The van der Waals surface area contributed by atoms with Gasteiger partial charge in [-0.3, -0.25) is 0 Å². The number of benzene rings is 11. The normalized spacial score (nSPS) is 11.7. The lowest BCUT2D eigenvalue weighted by atomic mass is 9.86. The maximum Gasteiger partial charge on any atom is -0.00199 e. The minimum absolute atomic E-state index is 1.22. The molecule has 0 radical (unpaired) electrons. The zero-order valence-electron chi connectivity index (χ0n) is 29.6. The molecule has 0 N–H and O–H groups in total. The molecule has 0 amide bonds. The summed E-state index contributed by atoms with van der Waals surface area (Å²) in [4.78, 5) is 0. The second-order valence-corrected chi connectivity index (χ2v) is 14.4. The highest BCUT2D eigenvalue weighted by atomic mass is 14.2. The molecule has 0 heterocycles. The fourth-order valence-electron chi connectivity index (χ4n) is 8.91. The molecule has 0 saturated heterocycles. The van der Waals surface area contributed by atoms with Gasteiger partial charge in [0.05, 0.1) is 0 Å². The van der Waals surface area contributed by atoms with E-state index in [-0.39, 0.29) is 0 Å². The van der Waals surface area contributed by atoms with Crippen molar-refractivity contribution in [2.45, 2.75) is 0 Å². The monoisotopic (exact) mass is 682 g/mol. The van der Waals surface area contributed by atoms with Crippen LogP contribution in [0.2, 0.25) is 0 Å². The van der Waals surface area contributed by atoms with E-state index in [4.69, 9.17) is 0 Å². The van der Waals surface area contributed by atoms with Crippen LogP contribution in [0.25, 0.3) is 109 Å². The summed E-state index contributed by atoms with van der Waals surface area (Å²) in [6.07, 6.45) is 0. The molecule has 0 heteroatoms. The lowest BCUT2D eigenvalue weighted by molar-refractivity contribution is 1.62. The highest BCUT2D eigenvalue weighted by molar-refractivity contribution is 6.33. The van der Waals surface area contributed by atoms with E-state index in [1.165, 1.54) is 109 Å². The summed E-state index contributed by atoms with van der Waals surface area (Å²) in [6.45, 7) is 0. The van der Waals surface area contributed by atoms with Gasteiger partial charge in [-0.1, -0.05) is 182 Å². The smallest absolute Gasteiger partial charge is 0.00199 e. The van der Waals surface area contributed by atoms with Crippen LogP contribution in [-0.4, -0.2) is 0 Å². The minimum atomic E-state index is 1.22. The van der Waals surface area contributed by atoms with Crippen LogP contribution in [0.15, 0.2) is 206 Å². The summed E-state index contributed by atoms with van der Waals surface area (Å²) >= 11 is 0. The third-order valence-corrected chi connectivity index (χ3v) is 11.4. The van der Waals surface area contributed by atoms with Crippen LogP contribution in [0.5, 0.6) is 0 Å². The Balaban J connectivity index is 1.12. The summed E-state index contributed by atoms with van der Waals surface area (Å²) < 4.78 is 0. The average molecular weight is 683 g/mol. The molecule has 11 aromatic carbocycles. The van der Waals surface area contributed by atoms with Crippen molar-refractivity contribution in [1.29, 1.82) is 0 Å². The average Bonchev–Trinajstić information content (AvgIpc) is 3.25. The summed E-state index contributed by atoms with van der Waals surface area (Å²) in [5.41, 5.74) is 9.91. The summed E-state index contributed by atoms with van der Waals surface area (Å²) in [5.74, 6) is 0. The molecule has 0 saturated carbocycles. The summed E-state index contributed by atoms with van der Waals surface area (Å²) in [5, 5.41) is 15.3. The number of fused-ring (bicyclic) bond motifs is 10. The molecular weight excluding hydrogens is 649 g/mol. The van der Waals surface area contributed by atoms with Gasteiger partial charge in [0.2, 0.25) is 0 Å². The van der Waals surface area contributed by atoms with E-state index < -0.39 is 0 Å². The Morgan fingerprint density at radius 1 is 0.185 bits per heavy atom. The molecule has 0 atom stereocenters. The van der Waals surface area contributed by atoms with Gasteiger partial charge in [-0.2, -0.15) is 0 Å². The Kier molecular flexibility index (Phi) is 6.97. The minimum Gasteiger partial charge on any atom is -0.0616 e. The molecule has 0 aliphatic carbocycles. The Morgan fingerprint density at radius 2 is 0.611 bits per heavy atom. The Labute approximate surface area is 314 Å². The van der Waals surface area contributed by atoms with Crippen LogP contribution in [0.3, 0.4) is 0 Å². The molecule has 0 aliphatic rings. The van der Waals surface area contributed by atoms with Gasteiger partial charge >= 0.3 is 0 Å². The van der Waals surface area contributed by atoms with E-state index in [9.17, 15) is 0 Å². The quantitative estimate of drug-likeness (QED) is 0.162. The zero-order chi connectivity index (χ0) is 35.6. The maximum absolute atomic E-state index is 2.45. The van der Waals surface area contributed by atoms with Gasteiger partial charge in [-0.05, 0) is 133 Å². The molecule has 11 aromatic rings. The fraction of sp³-hybridized carbons (Fsp3) is 0. The SMILES string of the molecule is c1cc(-c2ccc3c(c2)c2ccccc2c2cc(-c4cccc(-c5cccc6ccccc56)c4)c4ccccc4c32)cc(-c2cccc3ccccc23)c1. The third-order valence-electron chi connectivity index (χ3n) is 11.4. The molecule has 0 aliphatic heterocycles. The maximum atomic E-state index is 2.45. The third kappa shape index (κ3) is 4.85. The van der Waals surface area contributed by atoms with E-state index in [0.717, 1.165) is 0 Å². The van der Waals surface area contributed by atoms with Crippen LogP contribution < -0.4 is 0 Å². The van der Waals surface area contributed by atoms with Crippen LogP contribution in [0, 0.1) is 0 Å². The fourth-order valence-corrected chi connectivity index (χ4v) is 8.91. The predicted octanol–water partition coefficient (Wildman–Crippen LogP) is 15.3. The highest BCUT2D eigenvalue weighted by Gasteiger charge is 2.17. The van der Waals surface area contributed by atoms with Crippen LogP contribution in [0.4, 0.5) is 0 Å². The molecule has 11 rings (SSSR count). The molecule has 0 aromatic heterocycles. The van der Waals surface area contributed by atoms with Gasteiger partial charge in [0.1, 0.15) is 0 Å². The topological polar surface area (TPSA) is 0 Å². The van der Waals surface area contributed by atoms with Gasteiger partial charge in [-0.15, -0.1) is 0 Å². The molecule has 54 heavy (non-hydrogen) atoms. The zero-order valence-corrected chi connectivity index (χ0v) is 29.6. The van der Waals surface area contributed by atoms with Crippen molar-refractivity contribution in [2.24, 2.45) is 0 Å². The molecule has 0 spiro atoms.